The van der Waals surface area contributed by atoms with E-state index in [1.165, 1.54) is 4.90 Å². The lowest BCUT2D eigenvalue weighted by molar-refractivity contribution is -0.148. The Morgan fingerprint density at radius 2 is 1.86 bits per heavy atom. The first-order valence-corrected chi connectivity index (χ1v) is 8.16. The quantitative estimate of drug-likeness (QED) is 0.743. The van der Waals surface area contributed by atoms with Crippen LogP contribution in [-0.4, -0.2) is 67.7 Å². The fourth-order valence-corrected chi connectivity index (χ4v) is 2.72. The van der Waals surface area contributed by atoms with Crippen LogP contribution in [0.4, 0.5) is 13.2 Å². The third-order valence-corrected chi connectivity index (χ3v) is 4.20. The summed E-state index contributed by atoms with van der Waals surface area (Å²) >= 11 is 0. The van der Waals surface area contributed by atoms with Crippen molar-refractivity contribution in [3.05, 3.63) is 0 Å². The Bertz CT molecular complexity index is 326. The van der Waals surface area contributed by atoms with Gasteiger partial charge in [0.2, 0.25) is 5.91 Å². The second-order valence-electron chi connectivity index (χ2n) is 5.76. The van der Waals surface area contributed by atoms with Gasteiger partial charge in [0.05, 0.1) is 12.3 Å². The molecule has 1 heterocycles. The van der Waals surface area contributed by atoms with Crippen LogP contribution in [0.1, 0.15) is 33.1 Å². The average molecular weight is 323 g/mol. The van der Waals surface area contributed by atoms with Gasteiger partial charge >= 0.3 is 6.18 Å². The summed E-state index contributed by atoms with van der Waals surface area (Å²) in [4.78, 5) is 16.0. The van der Waals surface area contributed by atoms with E-state index in [9.17, 15) is 18.0 Å². The molecule has 1 aliphatic heterocycles. The standard InChI is InChI=1S/C15H28F3N3O/c1-3-20(4-2)10-11-21(9-7-15(16,17)18)14(22)13-6-5-8-19-12-13/h13,19H,3-12H2,1-2H3. The van der Waals surface area contributed by atoms with E-state index in [0.717, 1.165) is 32.5 Å². The Morgan fingerprint density at radius 3 is 2.36 bits per heavy atom. The molecule has 1 saturated heterocycles. The molecule has 1 unspecified atom stereocenters. The smallest absolute Gasteiger partial charge is 0.341 e. The summed E-state index contributed by atoms with van der Waals surface area (Å²) in [6.07, 6.45) is -3.49. The Morgan fingerprint density at radius 1 is 1.18 bits per heavy atom. The number of piperidine rings is 1. The second-order valence-corrected chi connectivity index (χ2v) is 5.76. The number of hydrogen-bond acceptors (Lipinski definition) is 3. The zero-order valence-electron chi connectivity index (χ0n) is 13.6. The molecular formula is C15H28F3N3O. The number of carbonyl (C=O) groups is 1. The van der Waals surface area contributed by atoms with E-state index >= 15 is 0 Å². The highest BCUT2D eigenvalue weighted by Crippen LogP contribution is 2.21. The Balaban J connectivity index is 2.60. The third-order valence-electron chi connectivity index (χ3n) is 4.20. The summed E-state index contributed by atoms with van der Waals surface area (Å²) in [5.41, 5.74) is 0. The summed E-state index contributed by atoms with van der Waals surface area (Å²) in [5, 5.41) is 3.15. The van der Waals surface area contributed by atoms with Crippen LogP contribution in [-0.2, 0) is 4.79 Å². The molecule has 1 aliphatic rings. The lowest BCUT2D eigenvalue weighted by Crippen LogP contribution is -2.46. The van der Waals surface area contributed by atoms with Crippen LogP contribution in [0.3, 0.4) is 0 Å². The summed E-state index contributed by atoms with van der Waals surface area (Å²) in [6.45, 7) is 7.90. The van der Waals surface area contributed by atoms with Crippen molar-refractivity contribution in [1.29, 1.82) is 0 Å². The first kappa shape index (κ1) is 19.2. The van der Waals surface area contributed by atoms with Gasteiger partial charge in [-0.1, -0.05) is 13.8 Å². The normalized spacial score (nSPS) is 19.5. The van der Waals surface area contributed by atoms with Crippen molar-refractivity contribution in [2.75, 3.05) is 45.8 Å². The van der Waals surface area contributed by atoms with Gasteiger partial charge in [0.15, 0.2) is 0 Å². The molecule has 0 spiro atoms. The van der Waals surface area contributed by atoms with Crippen LogP contribution in [0.25, 0.3) is 0 Å². The van der Waals surface area contributed by atoms with Crippen molar-refractivity contribution in [3.63, 3.8) is 0 Å². The molecule has 4 nitrogen and oxygen atoms in total. The first-order valence-electron chi connectivity index (χ1n) is 8.16. The molecule has 1 amide bonds. The fraction of sp³-hybridized carbons (Fsp3) is 0.933. The number of carbonyl (C=O) groups excluding carboxylic acids is 1. The molecule has 1 fully saturated rings. The largest absolute Gasteiger partial charge is 0.390 e. The molecule has 0 saturated carbocycles. The Hall–Kier alpha value is -0.820. The number of hydrogen-bond donors (Lipinski definition) is 1. The van der Waals surface area contributed by atoms with E-state index in [1.807, 2.05) is 13.8 Å². The van der Waals surface area contributed by atoms with E-state index in [4.69, 9.17) is 0 Å². The van der Waals surface area contributed by atoms with E-state index < -0.39 is 12.6 Å². The molecular weight excluding hydrogens is 295 g/mol. The Labute approximate surface area is 131 Å². The topological polar surface area (TPSA) is 35.6 Å². The minimum atomic E-state index is -4.22. The summed E-state index contributed by atoms with van der Waals surface area (Å²) < 4.78 is 37.5. The molecule has 0 aromatic rings. The maximum absolute atomic E-state index is 12.5. The Kier molecular flexibility index (Phi) is 8.17. The monoisotopic (exact) mass is 323 g/mol. The molecule has 130 valence electrons. The van der Waals surface area contributed by atoms with Crippen molar-refractivity contribution < 1.29 is 18.0 Å². The zero-order valence-corrected chi connectivity index (χ0v) is 13.6. The molecule has 0 radical (unpaired) electrons. The van der Waals surface area contributed by atoms with Crippen LogP contribution >= 0.6 is 0 Å². The van der Waals surface area contributed by atoms with Gasteiger partial charge in [0, 0.05) is 26.2 Å². The molecule has 0 aliphatic carbocycles. The van der Waals surface area contributed by atoms with Gasteiger partial charge in [-0.25, -0.2) is 0 Å². The van der Waals surface area contributed by atoms with Crippen LogP contribution < -0.4 is 5.32 Å². The van der Waals surface area contributed by atoms with E-state index in [-0.39, 0.29) is 18.4 Å². The molecule has 0 aromatic carbocycles. The summed E-state index contributed by atoms with van der Waals surface area (Å²) in [6, 6.07) is 0. The van der Waals surface area contributed by atoms with Crippen LogP contribution in [0, 0.1) is 5.92 Å². The van der Waals surface area contributed by atoms with E-state index in [0.29, 0.717) is 19.6 Å². The lowest BCUT2D eigenvalue weighted by Gasteiger charge is -2.31. The third kappa shape index (κ3) is 6.96. The SMILES string of the molecule is CCN(CC)CCN(CCC(F)(F)F)C(=O)C1CCCNC1. The molecule has 7 heteroatoms. The minimum Gasteiger partial charge on any atom is -0.341 e. The number of nitrogens with zero attached hydrogens (tertiary/aromatic N) is 2. The van der Waals surface area contributed by atoms with Gasteiger partial charge in [0.25, 0.3) is 0 Å². The van der Waals surface area contributed by atoms with Gasteiger partial charge in [-0.2, -0.15) is 13.2 Å². The number of alkyl halides is 3. The molecule has 0 bridgehead atoms. The van der Waals surface area contributed by atoms with Crippen molar-refractivity contribution in [1.82, 2.24) is 15.1 Å². The van der Waals surface area contributed by atoms with Gasteiger partial charge in [-0.15, -0.1) is 0 Å². The van der Waals surface area contributed by atoms with Crippen molar-refractivity contribution in [2.24, 2.45) is 5.92 Å². The molecule has 22 heavy (non-hydrogen) atoms. The van der Waals surface area contributed by atoms with Crippen molar-refractivity contribution in [3.8, 4) is 0 Å². The predicted molar refractivity (Wildman–Crippen MR) is 80.6 cm³/mol. The fourth-order valence-electron chi connectivity index (χ4n) is 2.72. The highest BCUT2D eigenvalue weighted by Gasteiger charge is 2.31. The van der Waals surface area contributed by atoms with Crippen molar-refractivity contribution >= 4 is 5.91 Å². The zero-order chi connectivity index (χ0) is 16.6. The number of likely N-dealkylation sites (N-methyl/N-ethyl adjacent to an activating group) is 1. The summed E-state index contributed by atoms with van der Waals surface area (Å²) in [7, 11) is 0. The van der Waals surface area contributed by atoms with Gasteiger partial charge in [-0.05, 0) is 32.5 Å². The molecule has 0 aromatic heterocycles. The van der Waals surface area contributed by atoms with Gasteiger partial charge in [-0.3, -0.25) is 4.79 Å². The second kappa shape index (κ2) is 9.35. The van der Waals surface area contributed by atoms with Gasteiger partial charge in [0.1, 0.15) is 0 Å². The van der Waals surface area contributed by atoms with Crippen LogP contribution in [0.2, 0.25) is 0 Å². The molecule has 1 rings (SSSR count). The minimum absolute atomic E-state index is 0.136. The number of amides is 1. The van der Waals surface area contributed by atoms with Crippen LogP contribution in [0.5, 0.6) is 0 Å². The van der Waals surface area contributed by atoms with E-state index in [1.54, 1.807) is 0 Å². The maximum Gasteiger partial charge on any atom is 0.390 e. The van der Waals surface area contributed by atoms with Gasteiger partial charge < -0.3 is 15.1 Å². The molecule has 1 N–H and O–H groups in total. The molecule has 1 atom stereocenters. The van der Waals surface area contributed by atoms with E-state index in [2.05, 4.69) is 10.2 Å². The number of halogens is 3. The maximum atomic E-state index is 12.5. The number of nitrogens with one attached hydrogen (secondary N) is 1. The average Bonchev–Trinajstić information content (AvgIpc) is 2.50. The summed E-state index contributed by atoms with van der Waals surface area (Å²) in [5.74, 6) is -0.317. The predicted octanol–water partition coefficient (Wildman–Crippen LogP) is 2.11. The first-order chi connectivity index (χ1) is 10.4. The number of rotatable bonds is 8. The van der Waals surface area contributed by atoms with Crippen molar-refractivity contribution in [2.45, 2.75) is 39.3 Å². The highest BCUT2D eigenvalue weighted by molar-refractivity contribution is 5.79. The highest BCUT2D eigenvalue weighted by atomic mass is 19.4. The van der Waals surface area contributed by atoms with Crippen LogP contribution in [0.15, 0.2) is 0 Å². The lowest BCUT2D eigenvalue weighted by atomic mass is 9.98.